The van der Waals surface area contributed by atoms with Gasteiger partial charge in [-0.25, -0.2) is 0 Å². The third kappa shape index (κ3) is 2.49. The molecule has 0 N–H and O–H groups in total. The summed E-state index contributed by atoms with van der Waals surface area (Å²) in [5.41, 5.74) is -0.0787. The topological polar surface area (TPSA) is 6.25 Å². The summed E-state index contributed by atoms with van der Waals surface area (Å²) in [7, 11) is 0.118. The van der Waals surface area contributed by atoms with Crippen molar-refractivity contribution in [1.29, 1.82) is 0 Å². The smallest absolute Gasteiger partial charge is 0.269 e. The van der Waals surface area contributed by atoms with Gasteiger partial charge in [-0.05, 0) is 20.8 Å². The molecular formula is C8H14F3N2Si+. The molecule has 1 heterocycles. The van der Waals surface area contributed by atoms with E-state index < -0.39 is 12.7 Å². The zero-order valence-corrected chi connectivity index (χ0v) is 9.74. The SMILES string of the molecule is CC1=[N+](CC(F)(F)F)[Si]N1C(C)(C)C. The molecule has 0 aromatic carbocycles. The van der Waals surface area contributed by atoms with Crippen molar-refractivity contribution in [3.05, 3.63) is 0 Å². The van der Waals surface area contributed by atoms with Crippen LogP contribution in [0.15, 0.2) is 0 Å². The van der Waals surface area contributed by atoms with Gasteiger partial charge in [-0.1, -0.05) is 0 Å². The van der Waals surface area contributed by atoms with Crippen molar-refractivity contribution in [1.82, 2.24) is 4.57 Å². The molecule has 0 aromatic rings. The minimum absolute atomic E-state index is 0.0787. The molecular weight excluding hydrogens is 209 g/mol. The number of hydrogen-bond acceptors (Lipinski definition) is 1. The summed E-state index contributed by atoms with van der Waals surface area (Å²) in [5, 5.41) is 0. The molecule has 2 nitrogen and oxygen atoms in total. The van der Waals surface area contributed by atoms with E-state index in [1.54, 1.807) is 6.92 Å². The van der Waals surface area contributed by atoms with Gasteiger partial charge in [0.1, 0.15) is 0 Å². The van der Waals surface area contributed by atoms with Crippen LogP contribution in [0.2, 0.25) is 0 Å². The van der Waals surface area contributed by atoms with Gasteiger partial charge in [0.15, 0.2) is 6.54 Å². The van der Waals surface area contributed by atoms with Crippen molar-refractivity contribution in [2.24, 2.45) is 0 Å². The molecule has 0 unspecified atom stereocenters. The number of halogens is 3. The minimum atomic E-state index is -4.10. The second-order valence-corrected chi connectivity index (χ2v) is 5.54. The first-order valence-electron chi connectivity index (χ1n) is 4.35. The quantitative estimate of drug-likeness (QED) is 0.612. The molecule has 6 heteroatoms. The Kier molecular flexibility index (Phi) is 2.68. The van der Waals surface area contributed by atoms with Crippen molar-refractivity contribution >= 4 is 15.7 Å². The molecule has 1 rings (SSSR count). The summed E-state index contributed by atoms with van der Waals surface area (Å²) < 4.78 is 39.5. The fourth-order valence-corrected chi connectivity index (χ4v) is 2.47. The molecule has 1 aliphatic rings. The molecule has 0 amide bonds. The van der Waals surface area contributed by atoms with Crippen LogP contribution in [0.5, 0.6) is 0 Å². The second-order valence-electron chi connectivity index (χ2n) is 4.35. The van der Waals surface area contributed by atoms with Crippen LogP contribution < -0.4 is 0 Å². The molecule has 1 aliphatic heterocycles. The van der Waals surface area contributed by atoms with Crippen LogP contribution in [-0.2, 0) is 0 Å². The van der Waals surface area contributed by atoms with Crippen molar-refractivity contribution in [3.63, 3.8) is 0 Å². The van der Waals surface area contributed by atoms with E-state index >= 15 is 0 Å². The van der Waals surface area contributed by atoms with E-state index in [1.165, 1.54) is 4.24 Å². The van der Waals surface area contributed by atoms with Gasteiger partial charge < -0.3 is 0 Å². The molecule has 0 aromatic heterocycles. The van der Waals surface area contributed by atoms with Gasteiger partial charge in [-0.2, -0.15) is 13.2 Å². The maximum atomic E-state index is 12.1. The first kappa shape index (κ1) is 11.6. The number of nitrogens with zero attached hydrogens (tertiary/aromatic N) is 2. The fourth-order valence-electron chi connectivity index (χ4n) is 1.31. The number of hydrogen-bond donors (Lipinski definition) is 0. The Hall–Kier alpha value is -0.523. The van der Waals surface area contributed by atoms with E-state index in [0.717, 1.165) is 0 Å². The van der Waals surface area contributed by atoms with Gasteiger partial charge >= 0.3 is 16.0 Å². The molecule has 0 bridgehead atoms. The number of amidine groups is 1. The van der Waals surface area contributed by atoms with Gasteiger partial charge in [-0.15, -0.1) is 0 Å². The highest BCUT2D eigenvalue weighted by Gasteiger charge is 2.48. The van der Waals surface area contributed by atoms with Gasteiger partial charge in [0, 0.05) is 6.92 Å². The van der Waals surface area contributed by atoms with Gasteiger partial charge in [-0.3, -0.25) is 8.81 Å². The van der Waals surface area contributed by atoms with E-state index in [4.69, 9.17) is 0 Å². The highest BCUT2D eigenvalue weighted by atomic mass is 28.2. The summed E-state index contributed by atoms with van der Waals surface area (Å²) >= 11 is 0. The van der Waals surface area contributed by atoms with E-state index in [0.29, 0.717) is 5.84 Å². The number of alkyl halides is 3. The summed E-state index contributed by atoms with van der Waals surface area (Å²) in [6.45, 7) is 6.88. The second kappa shape index (κ2) is 3.25. The Morgan fingerprint density at radius 2 is 1.79 bits per heavy atom. The third-order valence-corrected chi connectivity index (χ3v) is 3.86. The highest BCUT2D eigenvalue weighted by Crippen LogP contribution is 2.21. The summed E-state index contributed by atoms with van der Waals surface area (Å²) in [4.78, 5) is 0. The molecule has 2 radical (unpaired) electrons. The fraction of sp³-hybridized carbons (Fsp3) is 0.875. The summed E-state index contributed by atoms with van der Waals surface area (Å²) in [6, 6.07) is 0. The standard InChI is InChI=1S/C8H14F3N2Si/c1-6-12(5-8(9,10)11)14-13(6)7(2,3)4/h5H2,1-4H3/q+1. The average molecular weight is 223 g/mol. The van der Waals surface area contributed by atoms with Crippen LogP contribution in [0.4, 0.5) is 13.2 Å². The zero-order chi connectivity index (χ0) is 11.1. The Morgan fingerprint density at radius 1 is 1.29 bits per heavy atom. The molecule has 0 spiro atoms. The lowest BCUT2D eigenvalue weighted by molar-refractivity contribution is -0.466. The Morgan fingerprint density at radius 3 is 2.07 bits per heavy atom. The van der Waals surface area contributed by atoms with Gasteiger partial charge in [0.05, 0.1) is 5.54 Å². The summed E-state index contributed by atoms with van der Waals surface area (Å²) in [6.07, 6.45) is -4.10. The summed E-state index contributed by atoms with van der Waals surface area (Å²) in [5.74, 6) is 0.716. The average Bonchev–Trinajstić information content (AvgIpc) is 1.92. The maximum absolute atomic E-state index is 12.1. The van der Waals surface area contributed by atoms with Gasteiger partial charge in [0.2, 0.25) is 5.84 Å². The lowest BCUT2D eigenvalue weighted by Gasteiger charge is -2.36. The highest BCUT2D eigenvalue weighted by molar-refractivity contribution is 6.35. The normalized spacial score (nSPS) is 18.6. The van der Waals surface area contributed by atoms with Crippen LogP contribution in [0, 0.1) is 0 Å². The van der Waals surface area contributed by atoms with E-state index in [9.17, 15) is 13.2 Å². The van der Waals surface area contributed by atoms with Crippen LogP contribution in [0.1, 0.15) is 27.7 Å². The Balaban J connectivity index is 2.66. The molecule has 0 saturated carbocycles. The Labute approximate surface area is 84.4 Å². The first-order chi connectivity index (χ1) is 6.11. The van der Waals surface area contributed by atoms with E-state index in [2.05, 4.69) is 0 Å². The van der Waals surface area contributed by atoms with Crippen LogP contribution in [0.25, 0.3) is 0 Å². The molecule has 80 valence electrons. The predicted molar refractivity (Wildman–Crippen MR) is 49.2 cm³/mol. The van der Waals surface area contributed by atoms with Crippen LogP contribution in [-0.4, -0.2) is 42.7 Å². The lowest BCUT2D eigenvalue weighted by Crippen LogP contribution is -2.63. The monoisotopic (exact) mass is 223 g/mol. The van der Waals surface area contributed by atoms with E-state index in [1.807, 2.05) is 25.3 Å². The van der Waals surface area contributed by atoms with Crippen molar-refractivity contribution < 1.29 is 17.4 Å². The maximum Gasteiger partial charge on any atom is 0.645 e. The van der Waals surface area contributed by atoms with Crippen LogP contribution >= 0.6 is 0 Å². The number of rotatable bonds is 1. The zero-order valence-electron chi connectivity index (χ0n) is 8.74. The molecule has 0 fully saturated rings. The van der Waals surface area contributed by atoms with Crippen molar-refractivity contribution in [2.45, 2.75) is 39.4 Å². The molecule has 0 aliphatic carbocycles. The van der Waals surface area contributed by atoms with Gasteiger partial charge in [0.25, 0.3) is 0 Å². The largest absolute Gasteiger partial charge is 0.645 e. The van der Waals surface area contributed by atoms with Crippen molar-refractivity contribution in [3.8, 4) is 0 Å². The molecule has 14 heavy (non-hydrogen) atoms. The lowest BCUT2D eigenvalue weighted by atomic mass is 10.1. The third-order valence-electron chi connectivity index (χ3n) is 1.94. The predicted octanol–water partition coefficient (Wildman–Crippen LogP) is 1.63. The minimum Gasteiger partial charge on any atom is -0.269 e. The van der Waals surface area contributed by atoms with Crippen molar-refractivity contribution in [2.75, 3.05) is 6.54 Å². The first-order valence-corrected chi connectivity index (χ1v) is 5.25. The van der Waals surface area contributed by atoms with E-state index in [-0.39, 0.29) is 15.4 Å². The molecule has 0 saturated heterocycles. The Bertz CT molecular complexity index is 265. The van der Waals surface area contributed by atoms with Crippen LogP contribution in [0.3, 0.4) is 0 Å². The molecule has 0 atom stereocenters.